The number of hydrogen-bond donors (Lipinski definition) is 1. The summed E-state index contributed by atoms with van der Waals surface area (Å²) in [6.45, 7) is 4.38. The van der Waals surface area contributed by atoms with E-state index in [0.29, 0.717) is 0 Å². The second kappa shape index (κ2) is 8.72. The number of benzene rings is 1. The number of anilines is 1. The minimum Gasteiger partial charge on any atom is -0.391 e. The Bertz CT molecular complexity index is 1010. The van der Waals surface area contributed by atoms with Crippen molar-refractivity contribution in [3.8, 4) is 11.3 Å². The fraction of sp³-hybridized carbons (Fsp3) is 0.435. The molecule has 2 aliphatic rings. The molecule has 1 aliphatic carbocycles. The third-order valence-electron chi connectivity index (χ3n) is 6.31. The highest BCUT2D eigenvalue weighted by Gasteiger charge is 2.28. The van der Waals surface area contributed by atoms with E-state index in [1.54, 1.807) is 24.5 Å². The zero-order chi connectivity index (χ0) is 21.2. The summed E-state index contributed by atoms with van der Waals surface area (Å²) in [5, 5.41) is 14.6. The summed E-state index contributed by atoms with van der Waals surface area (Å²) in [6, 6.07) is 6.52. The first-order valence-electron chi connectivity index (χ1n) is 10.9. The van der Waals surface area contributed by atoms with Crippen molar-refractivity contribution in [2.45, 2.75) is 38.0 Å². The Morgan fingerprint density at radius 2 is 1.77 bits per heavy atom. The minimum absolute atomic E-state index is 0.118. The normalized spacial score (nSPS) is 22.2. The minimum atomic E-state index is -0.279. The fourth-order valence-electron chi connectivity index (χ4n) is 4.62. The van der Waals surface area contributed by atoms with E-state index in [1.807, 2.05) is 10.9 Å². The molecule has 162 valence electrons. The quantitative estimate of drug-likeness (QED) is 0.682. The summed E-state index contributed by atoms with van der Waals surface area (Å²) in [7, 11) is 0. The zero-order valence-corrected chi connectivity index (χ0v) is 17.4. The van der Waals surface area contributed by atoms with Gasteiger partial charge in [0.1, 0.15) is 11.5 Å². The molecule has 1 aliphatic heterocycles. The maximum Gasteiger partial charge on any atom is 0.155 e. The Morgan fingerprint density at radius 3 is 2.52 bits per heavy atom. The van der Waals surface area contributed by atoms with Gasteiger partial charge >= 0.3 is 0 Å². The molecule has 2 fully saturated rings. The average molecular weight is 423 g/mol. The molecule has 3 heterocycles. The molecule has 1 N–H and O–H groups in total. The van der Waals surface area contributed by atoms with E-state index in [2.05, 4.69) is 31.1 Å². The van der Waals surface area contributed by atoms with Gasteiger partial charge < -0.3 is 10.0 Å². The fourth-order valence-corrected chi connectivity index (χ4v) is 4.62. The highest BCUT2D eigenvalue weighted by molar-refractivity contribution is 5.72. The van der Waals surface area contributed by atoms with E-state index in [4.69, 9.17) is 0 Å². The molecule has 31 heavy (non-hydrogen) atoms. The van der Waals surface area contributed by atoms with Gasteiger partial charge in [0.2, 0.25) is 0 Å². The van der Waals surface area contributed by atoms with E-state index in [1.165, 1.54) is 17.7 Å². The molecule has 0 amide bonds. The Morgan fingerprint density at radius 1 is 1.00 bits per heavy atom. The first-order valence-corrected chi connectivity index (χ1v) is 10.9. The molecule has 7 nitrogen and oxygen atoms in total. The van der Waals surface area contributed by atoms with Crippen molar-refractivity contribution in [2.24, 2.45) is 0 Å². The lowest BCUT2D eigenvalue weighted by Crippen LogP contribution is -2.46. The number of hydrogen-bond acceptors (Lipinski definition) is 6. The van der Waals surface area contributed by atoms with Crippen LogP contribution in [0.3, 0.4) is 0 Å². The summed E-state index contributed by atoms with van der Waals surface area (Å²) in [6.07, 6.45) is 10.0. The van der Waals surface area contributed by atoms with E-state index in [9.17, 15) is 9.50 Å². The number of nitrogens with zero attached hydrogens (tertiary/aromatic N) is 6. The standard InChI is InChI=1S/C23H27FN6O/c24-19-6-4-18(5-7-19)22-23(26-9-8-25-22)29-12-10-28(11-13-29)15-17-14-27-30(16-17)20-2-1-3-21(20)31/h4-9,14,16,20-21,31H,1-3,10-13,15H2/t20-,21-/m1/s1. The van der Waals surface area contributed by atoms with Crippen LogP contribution in [0.1, 0.15) is 30.9 Å². The van der Waals surface area contributed by atoms with Gasteiger partial charge in [-0.25, -0.2) is 9.37 Å². The van der Waals surface area contributed by atoms with E-state index < -0.39 is 0 Å². The van der Waals surface area contributed by atoms with Gasteiger partial charge in [-0.15, -0.1) is 0 Å². The van der Waals surface area contributed by atoms with Gasteiger partial charge in [-0.05, 0) is 43.5 Å². The van der Waals surface area contributed by atoms with Gasteiger partial charge in [0.05, 0.1) is 18.3 Å². The van der Waals surface area contributed by atoms with Crippen molar-refractivity contribution in [1.82, 2.24) is 24.6 Å². The van der Waals surface area contributed by atoms with Crippen LogP contribution in [0.25, 0.3) is 11.3 Å². The number of piperazine rings is 1. The van der Waals surface area contributed by atoms with Crippen molar-refractivity contribution in [2.75, 3.05) is 31.1 Å². The first-order chi connectivity index (χ1) is 15.2. The number of rotatable bonds is 5. The van der Waals surface area contributed by atoms with Crippen LogP contribution >= 0.6 is 0 Å². The van der Waals surface area contributed by atoms with Gasteiger partial charge in [-0.2, -0.15) is 5.10 Å². The average Bonchev–Trinajstić information content (AvgIpc) is 3.43. The summed E-state index contributed by atoms with van der Waals surface area (Å²) in [5.74, 6) is 0.588. The largest absolute Gasteiger partial charge is 0.391 e. The maximum absolute atomic E-state index is 13.3. The molecule has 5 rings (SSSR count). The van der Waals surface area contributed by atoms with Gasteiger partial charge in [0, 0.05) is 62.4 Å². The van der Waals surface area contributed by atoms with Gasteiger partial charge in [-0.1, -0.05) is 0 Å². The predicted octanol–water partition coefficient (Wildman–Crippen LogP) is 2.89. The molecular formula is C23H27FN6O. The smallest absolute Gasteiger partial charge is 0.155 e. The molecule has 0 spiro atoms. The van der Waals surface area contributed by atoms with Crippen LogP contribution in [0.2, 0.25) is 0 Å². The van der Waals surface area contributed by atoms with Crippen LogP contribution in [0, 0.1) is 5.82 Å². The van der Waals surface area contributed by atoms with Crippen molar-refractivity contribution < 1.29 is 9.50 Å². The first kappa shape index (κ1) is 20.1. The summed E-state index contributed by atoms with van der Waals surface area (Å²) in [5.41, 5.74) is 2.83. The Balaban J connectivity index is 1.23. The molecule has 2 aromatic heterocycles. The molecule has 0 bridgehead atoms. The molecule has 1 saturated carbocycles. The zero-order valence-electron chi connectivity index (χ0n) is 17.4. The highest BCUT2D eigenvalue weighted by Crippen LogP contribution is 2.30. The highest BCUT2D eigenvalue weighted by atomic mass is 19.1. The lowest BCUT2D eigenvalue weighted by molar-refractivity contribution is 0.130. The lowest BCUT2D eigenvalue weighted by Gasteiger charge is -2.35. The topological polar surface area (TPSA) is 70.3 Å². The monoisotopic (exact) mass is 422 g/mol. The number of aliphatic hydroxyl groups is 1. The molecular weight excluding hydrogens is 395 g/mol. The van der Waals surface area contributed by atoms with Crippen molar-refractivity contribution in [1.29, 1.82) is 0 Å². The molecule has 8 heteroatoms. The van der Waals surface area contributed by atoms with Crippen LogP contribution in [-0.2, 0) is 6.54 Å². The maximum atomic E-state index is 13.3. The van der Waals surface area contributed by atoms with Gasteiger partial charge in [0.25, 0.3) is 0 Å². The summed E-state index contributed by atoms with van der Waals surface area (Å²) in [4.78, 5) is 13.8. The molecule has 0 radical (unpaired) electrons. The number of aromatic nitrogens is 4. The van der Waals surface area contributed by atoms with Crippen LogP contribution in [0.15, 0.2) is 49.1 Å². The van der Waals surface area contributed by atoms with E-state index >= 15 is 0 Å². The van der Waals surface area contributed by atoms with Crippen molar-refractivity contribution in [3.63, 3.8) is 0 Å². The number of halogens is 1. The van der Waals surface area contributed by atoms with E-state index in [-0.39, 0.29) is 18.0 Å². The molecule has 0 unspecified atom stereocenters. The Labute approximate surface area is 181 Å². The van der Waals surface area contributed by atoms with Crippen molar-refractivity contribution in [3.05, 3.63) is 60.4 Å². The third kappa shape index (κ3) is 4.31. The van der Waals surface area contributed by atoms with Crippen LogP contribution in [0.4, 0.5) is 10.2 Å². The summed E-state index contributed by atoms with van der Waals surface area (Å²) < 4.78 is 15.3. The Kier molecular flexibility index (Phi) is 5.65. The molecule has 3 aromatic rings. The molecule has 2 atom stereocenters. The molecule has 1 saturated heterocycles. The van der Waals surface area contributed by atoms with Crippen molar-refractivity contribution >= 4 is 5.82 Å². The Hall–Kier alpha value is -2.84. The van der Waals surface area contributed by atoms with E-state index in [0.717, 1.165) is 69.1 Å². The second-order valence-corrected chi connectivity index (χ2v) is 8.39. The molecule has 1 aromatic carbocycles. The number of aliphatic hydroxyl groups excluding tert-OH is 1. The van der Waals surface area contributed by atoms with Gasteiger partial charge in [0.15, 0.2) is 5.82 Å². The SMILES string of the molecule is O[C@@H]1CCC[C@H]1n1cc(CN2CCN(c3nccnc3-c3ccc(F)cc3)CC2)cn1. The van der Waals surface area contributed by atoms with Crippen LogP contribution in [-0.4, -0.2) is 62.0 Å². The second-order valence-electron chi connectivity index (χ2n) is 8.39. The van der Waals surface area contributed by atoms with Crippen LogP contribution < -0.4 is 4.90 Å². The third-order valence-corrected chi connectivity index (χ3v) is 6.31. The summed E-state index contributed by atoms with van der Waals surface area (Å²) >= 11 is 0. The van der Waals surface area contributed by atoms with Crippen LogP contribution in [0.5, 0.6) is 0 Å². The predicted molar refractivity (Wildman–Crippen MR) is 116 cm³/mol. The lowest BCUT2D eigenvalue weighted by atomic mass is 10.1. The van der Waals surface area contributed by atoms with Gasteiger partial charge in [-0.3, -0.25) is 14.6 Å².